The van der Waals surface area contributed by atoms with E-state index in [1.165, 1.54) is 0 Å². The van der Waals surface area contributed by atoms with Crippen molar-refractivity contribution < 1.29 is 24.1 Å². The first-order valence-corrected chi connectivity index (χ1v) is 4.31. The molecule has 0 fully saturated rings. The van der Waals surface area contributed by atoms with Crippen molar-refractivity contribution in [3.63, 3.8) is 0 Å². The summed E-state index contributed by atoms with van der Waals surface area (Å²) in [5, 5.41) is 7.91. The second-order valence-corrected chi connectivity index (χ2v) is 3.59. The van der Waals surface area contributed by atoms with Crippen LogP contribution in [0.5, 0.6) is 0 Å². The van der Waals surface area contributed by atoms with Crippen LogP contribution in [0.2, 0.25) is 0 Å². The van der Waals surface area contributed by atoms with Crippen molar-refractivity contribution in [3.8, 4) is 6.07 Å². The fourth-order valence-corrected chi connectivity index (χ4v) is 0.672. The Morgan fingerprint density at radius 2 is 1.80 bits per heavy atom. The van der Waals surface area contributed by atoms with E-state index < -0.39 is 14.3 Å². The molecule has 4 N–H and O–H groups in total. The number of hydrogen-bond donors (Lipinski definition) is 4. The number of nitrogens with zero attached hydrogens (tertiary/aromatic N) is 1. The van der Waals surface area contributed by atoms with Crippen LogP contribution >= 0.6 is 7.74 Å². The summed E-state index contributed by atoms with van der Waals surface area (Å²) in [5.74, 6) is 0. The van der Waals surface area contributed by atoms with E-state index in [2.05, 4.69) is 4.52 Å². The van der Waals surface area contributed by atoms with Gasteiger partial charge in [-0.15, -0.1) is 0 Å². The zero-order valence-electron chi connectivity index (χ0n) is 5.01. The van der Waals surface area contributed by atoms with Gasteiger partial charge in [0.2, 0.25) is 0 Å². The summed E-state index contributed by atoms with van der Waals surface area (Å²) >= 11 is 0. The molecule has 10 heavy (non-hydrogen) atoms. The fourth-order valence-electron chi connectivity index (χ4n) is 0.255. The fraction of sp³-hybridized carbons (Fsp3) is 0.667. The molecule has 0 unspecified atom stereocenters. The third-order valence-electron chi connectivity index (χ3n) is 0.536. The van der Waals surface area contributed by atoms with Crippen molar-refractivity contribution in [1.29, 1.82) is 5.26 Å². The molecule has 0 aliphatic carbocycles. The van der Waals surface area contributed by atoms with Crippen LogP contribution in [-0.2, 0) is 4.52 Å². The predicted molar refractivity (Wildman–Crippen MR) is 32.0 cm³/mol. The Morgan fingerprint density at radius 1 is 1.30 bits per heavy atom. The summed E-state index contributed by atoms with van der Waals surface area (Å²) in [6, 6.07) is 1.61. The van der Waals surface area contributed by atoms with Gasteiger partial charge in [0, 0.05) is 0 Å². The SMILES string of the molecule is N#CCCOP(O)(O)(O)O. The molecule has 0 heterocycles. The molecule has 0 aliphatic heterocycles. The van der Waals surface area contributed by atoms with E-state index in [0.717, 1.165) is 0 Å². The van der Waals surface area contributed by atoms with Crippen molar-refractivity contribution in [1.82, 2.24) is 0 Å². The summed E-state index contributed by atoms with van der Waals surface area (Å²) < 4.78 is 3.79. The molecule has 0 aromatic rings. The van der Waals surface area contributed by atoms with E-state index in [9.17, 15) is 0 Å². The van der Waals surface area contributed by atoms with Crippen molar-refractivity contribution in [2.45, 2.75) is 6.42 Å². The summed E-state index contributed by atoms with van der Waals surface area (Å²) in [4.78, 5) is 32.7. The monoisotopic (exact) mass is 169 g/mol. The van der Waals surface area contributed by atoms with Gasteiger partial charge >= 0.3 is 56.2 Å². The van der Waals surface area contributed by atoms with E-state index in [1.54, 1.807) is 6.07 Å². The summed E-state index contributed by atoms with van der Waals surface area (Å²) in [7, 11) is -5.80. The van der Waals surface area contributed by atoms with Crippen LogP contribution in [-0.4, -0.2) is 26.2 Å². The average molecular weight is 169 g/mol. The summed E-state index contributed by atoms with van der Waals surface area (Å²) in [6.07, 6.45) is -0.139. The third kappa shape index (κ3) is 7.72. The molecule has 0 aromatic carbocycles. The molecular formula is C3H8NO5P. The van der Waals surface area contributed by atoms with Crippen LogP contribution in [0.25, 0.3) is 0 Å². The molecule has 0 radical (unpaired) electrons. The van der Waals surface area contributed by atoms with Crippen molar-refractivity contribution in [2.75, 3.05) is 6.61 Å². The van der Waals surface area contributed by atoms with E-state index in [4.69, 9.17) is 24.8 Å². The van der Waals surface area contributed by atoms with Gasteiger partial charge < -0.3 is 0 Å². The Labute approximate surface area is 57.3 Å². The van der Waals surface area contributed by atoms with Crippen LogP contribution in [0, 0.1) is 11.3 Å². The van der Waals surface area contributed by atoms with E-state index in [-0.39, 0.29) is 6.42 Å². The van der Waals surface area contributed by atoms with Crippen molar-refractivity contribution >= 4 is 7.74 Å². The molecule has 0 amide bonds. The van der Waals surface area contributed by atoms with E-state index in [1.807, 2.05) is 0 Å². The van der Waals surface area contributed by atoms with Gasteiger partial charge in [0.1, 0.15) is 0 Å². The Kier molecular flexibility index (Phi) is 2.68. The molecule has 0 rings (SSSR count). The standard InChI is InChI=1S/C3H8NO5P/c4-2-1-3-9-10(5,6,7)8/h5-8H,1,3H2. The van der Waals surface area contributed by atoms with Gasteiger partial charge in [0.05, 0.1) is 0 Å². The average Bonchev–Trinajstić information content (AvgIpc) is 1.61. The minimum atomic E-state index is -5.80. The Bertz CT molecular complexity index is 145. The molecular weight excluding hydrogens is 161 g/mol. The zero-order chi connectivity index (χ0) is 8.28. The zero-order valence-corrected chi connectivity index (χ0v) is 5.90. The molecule has 0 saturated heterocycles. The Balaban J connectivity index is 3.62. The number of nitriles is 1. The van der Waals surface area contributed by atoms with Gasteiger partial charge in [-0.1, -0.05) is 0 Å². The molecule has 0 saturated carbocycles. The maximum atomic E-state index is 8.18. The van der Waals surface area contributed by atoms with Gasteiger partial charge in [-0.3, -0.25) is 0 Å². The quantitative estimate of drug-likeness (QED) is 0.318. The van der Waals surface area contributed by atoms with Crippen LogP contribution in [0.3, 0.4) is 0 Å². The number of rotatable bonds is 3. The summed E-state index contributed by atoms with van der Waals surface area (Å²) in [5.41, 5.74) is 0. The van der Waals surface area contributed by atoms with Crippen LogP contribution < -0.4 is 0 Å². The Morgan fingerprint density at radius 3 is 2.10 bits per heavy atom. The van der Waals surface area contributed by atoms with E-state index in [0.29, 0.717) is 0 Å². The maximum absolute atomic E-state index is 8.18. The van der Waals surface area contributed by atoms with Gasteiger partial charge in [0.15, 0.2) is 0 Å². The van der Waals surface area contributed by atoms with Gasteiger partial charge in [-0.25, -0.2) is 0 Å². The molecule has 0 spiro atoms. The topological polar surface area (TPSA) is 114 Å². The second-order valence-electron chi connectivity index (χ2n) is 1.60. The second kappa shape index (κ2) is 2.76. The summed E-state index contributed by atoms with van der Waals surface area (Å²) in [6.45, 7) is -0.422. The normalized spacial score (nSPS) is 15.3. The first kappa shape index (κ1) is 9.72. The molecule has 0 aromatic heterocycles. The minimum absolute atomic E-state index is 0.139. The number of hydrogen-bond acceptors (Lipinski definition) is 6. The van der Waals surface area contributed by atoms with Crippen LogP contribution in [0.1, 0.15) is 6.42 Å². The third-order valence-corrected chi connectivity index (χ3v) is 1.18. The van der Waals surface area contributed by atoms with Gasteiger partial charge in [0.25, 0.3) is 0 Å². The van der Waals surface area contributed by atoms with E-state index >= 15 is 0 Å². The molecule has 60 valence electrons. The molecule has 0 aliphatic rings. The predicted octanol–water partition coefficient (Wildman–Crippen LogP) is -0.986. The Hall–Kier alpha value is -0.280. The first-order chi connectivity index (χ1) is 4.31. The molecule has 7 heteroatoms. The molecule has 0 bridgehead atoms. The molecule has 0 atom stereocenters. The van der Waals surface area contributed by atoms with Gasteiger partial charge in [-0.2, -0.15) is 0 Å². The van der Waals surface area contributed by atoms with Crippen LogP contribution in [0.4, 0.5) is 0 Å². The van der Waals surface area contributed by atoms with Gasteiger partial charge in [-0.05, 0) is 0 Å². The van der Waals surface area contributed by atoms with Crippen molar-refractivity contribution in [3.05, 3.63) is 0 Å². The molecule has 6 nitrogen and oxygen atoms in total. The van der Waals surface area contributed by atoms with Crippen LogP contribution in [0.15, 0.2) is 0 Å². The van der Waals surface area contributed by atoms with Crippen molar-refractivity contribution in [2.24, 2.45) is 0 Å². The first-order valence-electron chi connectivity index (χ1n) is 2.35.